The van der Waals surface area contributed by atoms with Gasteiger partial charge in [0.15, 0.2) is 17.2 Å². The summed E-state index contributed by atoms with van der Waals surface area (Å²) in [6, 6.07) is 12.7. The van der Waals surface area contributed by atoms with E-state index in [9.17, 15) is 14.4 Å². The van der Waals surface area contributed by atoms with Crippen LogP contribution in [0.2, 0.25) is 0 Å². The molecule has 1 aliphatic rings. The first-order valence-corrected chi connectivity index (χ1v) is 13.9. The van der Waals surface area contributed by atoms with E-state index < -0.39 is 23.8 Å². The fourth-order valence-electron chi connectivity index (χ4n) is 4.90. The summed E-state index contributed by atoms with van der Waals surface area (Å²) in [7, 11) is 2.96. The van der Waals surface area contributed by atoms with Crippen LogP contribution in [-0.4, -0.2) is 60.6 Å². The molecular formula is C29H30N6O6S. The number of carbonyl (C=O) groups excluding carboxylic acids is 3. The van der Waals surface area contributed by atoms with Gasteiger partial charge in [-0.15, -0.1) is 0 Å². The zero-order chi connectivity index (χ0) is 29.8. The molecule has 1 saturated heterocycles. The smallest absolute Gasteiger partial charge is 0.273 e. The van der Waals surface area contributed by atoms with Crippen LogP contribution < -0.4 is 31.2 Å². The number of fused-ring (bicyclic) bond motifs is 1. The van der Waals surface area contributed by atoms with E-state index in [1.165, 1.54) is 19.1 Å². The van der Waals surface area contributed by atoms with Crippen molar-refractivity contribution < 1.29 is 28.6 Å². The van der Waals surface area contributed by atoms with Crippen molar-refractivity contribution in [1.82, 2.24) is 14.7 Å². The van der Waals surface area contributed by atoms with Gasteiger partial charge in [0.2, 0.25) is 5.91 Å². The second kappa shape index (κ2) is 12.4. The molecule has 1 fully saturated rings. The predicted molar refractivity (Wildman–Crippen MR) is 158 cm³/mol. The lowest BCUT2D eigenvalue weighted by Crippen LogP contribution is -2.45. The van der Waals surface area contributed by atoms with Crippen LogP contribution in [0.4, 0.5) is 11.4 Å². The SMILES string of the molecule is COc1ccc(N(C(=O)c2snc(C(N)=O)c2N)C(C(=O)NCC2CCCO2)c2ccc3ncccc3c2)cc1OC. The van der Waals surface area contributed by atoms with Gasteiger partial charge < -0.3 is 31.0 Å². The summed E-state index contributed by atoms with van der Waals surface area (Å²) in [5, 5.41) is 3.75. The molecule has 2 atom stereocenters. The Kier molecular flexibility index (Phi) is 8.50. The summed E-state index contributed by atoms with van der Waals surface area (Å²) in [5.74, 6) is -1.21. The number of amides is 3. The van der Waals surface area contributed by atoms with E-state index in [4.69, 9.17) is 25.7 Å². The number of ether oxygens (including phenoxy) is 3. The Balaban J connectivity index is 1.67. The number of methoxy groups -OCH3 is 2. The van der Waals surface area contributed by atoms with E-state index in [2.05, 4.69) is 14.7 Å². The van der Waals surface area contributed by atoms with Crippen molar-refractivity contribution in [2.75, 3.05) is 38.0 Å². The Hall–Kier alpha value is -4.75. The lowest BCUT2D eigenvalue weighted by Gasteiger charge is -2.32. The molecule has 3 heterocycles. The number of benzene rings is 2. The highest BCUT2D eigenvalue weighted by molar-refractivity contribution is 7.09. The second-order valence-electron chi connectivity index (χ2n) is 9.59. The Morgan fingerprint density at radius 3 is 2.64 bits per heavy atom. The fraction of sp³-hybridized carbons (Fsp3) is 0.276. The quantitative estimate of drug-likeness (QED) is 0.251. The molecule has 0 bridgehead atoms. The number of aromatic nitrogens is 2. The van der Waals surface area contributed by atoms with E-state index in [1.54, 1.807) is 42.6 Å². The van der Waals surface area contributed by atoms with Crippen molar-refractivity contribution in [3.8, 4) is 11.5 Å². The first-order chi connectivity index (χ1) is 20.3. The van der Waals surface area contributed by atoms with Crippen LogP contribution in [0, 0.1) is 0 Å². The lowest BCUT2D eigenvalue weighted by molar-refractivity contribution is -0.123. The predicted octanol–water partition coefficient (Wildman–Crippen LogP) is 3.07. The van der Waals surface area contributed by atoms with Gasteiger partial charge in [-0.2, -0.15) is 4.37 Å². The molecule has 2 aromatic heterocycles. The molecule has 1 aliphatic heterocycles. The molecule has 0 radical (unpaired) electrons. The van der Waals surface area contributed by atoms with Gasteiger partial charge in [-0.1, -0.05) is 12.1 Å². The number of nitrogens with zero attached hydrogens (tertiary/aromatic N) is 3. The largest absolute Gasteiger partial charge is 0.493 e. The van der Waals surface area contributed by atoms with Gasteiger partial charge in [0.25, 0.3) is 11.8 Å². The lowest BCUT2D eigenvalue weighted by atomic mass is 10.00. The van der Waals surface area contributed by atoms with Crippen molar-refractivity contribution in [2.24, 2.45) is 5.73 Å². The fourth-order valence-corrected chi connectivity index (χ4v) is 5.64. The minimum Gasteiger partial charge on any atom is -0.493 e. The van der Waals surface area contributed by atoms with Gasteiger partial charge in [-0.25, -0.2) is 0 Å². The van der Waals surface area contributed by atoms with Crippen LogP contribution in [0.1, 0.15) is 44.6 Å². The van der Waals surface area contributed by atoms with Gasteiger partial charge in [-0.05, 0) is 60.3 Å². The van der Waals surface area contributed by atoms with E-state index in [1.807, 2.05) is 12.1 Å². The zero-order valence-electron chi connectivity index (χ0n) is 23.0. The van der Waals surface area contributed by atoms with E-state index in [0.717, 1.165) is 35.3 Å². The molecule has 0 aliphatic carbocycles. The van der Waals surface area contributed by atoms with Crippen LogP contribution in [0.15, 0.2) is 54.7 Å². The van der Waals surface area contributed by atoms with Crippen LogP contribution >= 0.6 is 11.5 Å². The number of hydrogen-bond acceptors (Lipinski definition) is 10. The molecule has 218 valence electrons. The summed E-state index contributed by atoms with van der Waals surface area (Å²) in [4.78, 5) is 46.0. The van der Waals surface area contributed by atoms with Crippen molar-refractivity contribution in [3.63, 3.8) is 0 Å². The third kappa shape index (κ3) is 5.69. The molecule has 13 heteroatoms. The molecule has 5 rings (SSSR count). The van der Waals surface area contributed by atoms with E-state index >= 15 is 0 Å². The van der Waals surface area contributed by atoms with Crippen LogP contribution in [0.3, 0.4) is 0 Å². The Morgan fingerprint density at radius 1 is 1.14 bits per heavy atom. The first kappa shape index (κ1) is 28.8. The Morgan fingerprint density at radius 2 is 1.95 bits per heavy atom. The number of hydrogen-bond donors (Lipinski definition) is 3. The third-order valence-electron chi connectivity index (χ3n) is 7.00. The summed E-state index contributed by atoms with van der Waals surface area (Å²) >= 11 is 0.729. The van der Waals surface area contributed by atoms with Gasteiger partial charge in [0.1, 0.15) is 10.9 Å². The summed E-state index contributed by atoms with van der Waals surface area (Å²) in [5.41, 5.74) is 12.8. The average molecular weight is 591 g/mol. The number of pyridine rings is 1. The molecule has 2 aromatic carbocycles. The topological polar surface area (TPSA) is 172 Å². The van der Waals surface area contributed by atoms with Crippen LogP contribution in [-0.2, 0) is 9.53 Å². The van der Waals surface area contributed by atoms with E-state index in [-0.39, 0.29) is 28.9 Å². The summed E-state index contributed by atoms with van der Waals surface area (Å²) in [6.07, 6.45) is 3.27. The number of nitrogen functional groups attached to an aromatic ring is 1. The average Bonchev–Trinajstić information content (AvgIpc) is 3.67. The van der Waals surface area contributed by atoms with Gasteiger partial charge in [0, 0.05) is 36.5 Å². The molecule has 0 spiro atoms. The maximum absolute atomic E-state index is 14.4. The first-order valence-electron chi connectivity index (χ1n) is 13.2. The monoisotopic (exact) mass is 590 g/mol. The van der Waals surface area contributed by atoms with Crippen LogP contribution in [0.25, 0.3) is 10.9 Å². The Bertz CT molecular complexity index is 1640. The maximum atomic E-state index is 14.4. The summed E-state index contributed by atoms with van der Waals surface area (Å²) in [6.45, 7) is 0.900. The number of anilines is 2. The molecule has 4 aromatic rings. The van der Waals surface area contributed by atoms with Crippen molar-refractivity contribution in [2.45, 2.75) is 25.0 Å². The number of primary amides is 1. The highest BCUT2D eigenvalue weighted by atomic mass is 32.1. The molecule has 5 N–H and O–H groups in total. The number of nitrogens with two attached hydrogens (primary N) is 2. The number of carbonyl (C=O) groups is 3. The molecular weight excluding hydrogens is 560 g/mol. The normalized spacial score (nSPS) is 15.2. The van der Waals surface area contributed by atoms with Gasteiger partial charge in [0.05, 0.1) is 31.5 Å². The maximum Gasteiger partial charge on any atom is 0.273 e. The Labute approximate surface area is 245 Å². The minimum absolute atomic E-state index is 0.0435. The molecule has 12 nitrogen and oxygen atoms in total. The van der Waals surface area contributed by atoms with Crippen molar-refractivity contribution >= 4 is 51.5 Å². The minimum atomic E-state index is -1.18. The highest BCUT2D eigenvalue weighted by Crippen LogP contribution is 2.38. The third-order valence-corrected chi connectivity index (χ3v) is 7.85. The summed E-state index contributed by atoms with van der Waals surface area (Å²) < 4.78 is 20.6. The second-order valence-corrected chi connectivity index (χ2v) is 10.4. The highest BCUT2D eigenvalue weighted by Gasteiger charge is 2.37. The van der Waals surface area contributed by atoms with Crippen molar-refractivity contribution in [3.05, 3.63) is 70.9 Å². The number of nitrogens with one attached hydrogen (secondary N) is 1. The molecule has 3 amide bonds. The van der Waals surface area contributed by atoms with E-state index in [0.29, 0.717) is 29.4 Å². The van der Waals surface area contributed by atoms with Crippen LogP contribution in [0.5, 0.6) is 11.5 Å². The molecule has 42 heavy (non-hydrogen) atoms. The molecule has 0 saturated carbocycles. The molecule has 2 unspecified atom stereocenters. The zero-order valence-corrected chi connectivity index (χ0v) is 23.8. The van der Waals surface area contributed by atoms with Gasteiger partial charge in [-0.3, -0.25) is 24.3 Å². The number of rotatable bonds is 10. The standard InChI is InChI=1S/C29H30N6O6S/c1-39-21-10-8-18(14-22(21)40-2)35(29(38)26-23(30)24(27(31)36)34-42-26)25(28(37)33-15-19-6-4-12-41-19)17-7-9-20-16(13-17)5-3-11-32-20/h3,5,7-11,13-14,19,25H,4,6,12,15,30H2,1-2H3,(H2,31,36)(H,33,37). The van der Waals surface area contributed by atoms with Gasteiger partial charge >= 0.3 is 0 Å². The van der Waals surface area contributed by atoms with Crippen molar-refractivity contribution in [1.29, 1.82) is 0 Å².